The van der Waals surface area contributed by atoms with Gasteiger partial charge in [0.1, 0.15) is 6.17 Å². The second kappa shape index (κ2) is 3.06. The van der Waals surface area contributed by atoms with E-state index in [4.69, 9.17) is 5.11 Å². The summed E-state index contributed by atoms with van der Waals surface area (Å²) in [6, 6.07) is 0. The zero-order valence-corrected chi connectivity index (χ0v) is 6.85. The van der Waals surface area contributed by atoms with Gasteiger partial charge in [0.05, 0.1) is 11.5 Å². The second-order valence-electron chi connectivity index (χ2n) is 2.86. The highest BCUT2D eigenvalue weighted by Gasteiger charge is 2.32. The fourth-order valence-electron chi connectivity index (χ4n) is 1.18. The molecule has 1 aliphatic rings. The van der Waals surface area contributed by atoms with Crippen LogP contribution in [0.2, 0.25) is 0 Å². The van der Waals surface area contributed by atoms with Crippen molar-refractivity contribution in [3.05, 3.63) is 0 Å². The molecule has 2 atom stereocenters. The normalized spacial score (nSPS) is 36.9. The third-order valence-corrected chi connectivity index (χ3v) is 3.64. The molecule has 0 amide bonds. The van der Waals surface area contributed by atoms with Crippen molar-refractivity contribution < 1.29 is 17.9 Å². The van der Waals surface area contributed by atoms with E-state index in [1.807, 2.05) is 0 Å². The molecule has 1 fully saturated rings. The molecule has 0 spiro atoms. The van der Waals surface area contributed by atoms with E-state index in [1.165, 1.54) is 0 Å². The molecule has 1 N–H and O–H groups in total. The minimum atomic E-state index is -3.16. The lowest BCUT2D eigenvalue weighted by Gasteiger charge is -2.23. The minimum Gasteiger partial charge on any atom is -0.396 e. The van der Waals surface area contributed by atoms with E-state index < -0.39 is 27.7 Å². The van der Waals surface area contributed by atoms with Gasteiger partial charge in [0.15, 0.2) is 9.84 Å². The molecule has 1 aliphatic heterocycles. The fraction of sp³-hybridized carbons (Fsp3) is 1.00. The van der Waals surface area contributed by atoms with Gasteiger partial charge in [-0.1, -0.05) is 0 Å². The molecule has 1 heterocycles. The zero-order chi connectivity index (χ0) is 8.48. The van der Waals surface area contributed by atoms with Crippen molar-refractivity contribution in [2.24, 2.45) is 5.92 Å². The van der Waals surface area contributed by atoms with Gasteiger partial charge in [0, 0.05) is 12.5 Å². The lowest BCUT2D eigenvalue weighted by molar-refractivity contribution is 0.143. The summed E-state index contributed by atoms with van der Waals surface area (Å²) in [4.78, 5) is 0. The Morgan fingerprint density at radius 2 is 2.18 bits per heavy atom. The molecule has 1 rings (SSSR count). The van der Waals surface area contributed by atoms with Crippen molar-refractivity contribution in [3.63, 3.8) is 0 Å². The predicted molar refractivity (Wildman–Crippen MR) is 38.7 cm³/mol. The average Bonchev–Trinajstić information content (AvgIpc) is 1.86. The van der Waals surface area contributed by atoms with Crippen molar-refractivity contribution in [1.29, 1.82) is 0 Å². The smallest absolute Gasteiger partial charge is 0.153 e. The number of aliphatic hydroxyl groups excluding tert-OH is 1. The van der Waals surface area contributed by atoms with E-state index in [-0.39, 0.29) is 18.8 Å². The van der Waals surface area contributed by atoms with Crippen LogP contribution in [0.4, 0.5) is 4.39 Å². The molecule has 0 aromatic carbocycles. The first-order valence-electron chi connectivity index (χ1n) is 3.50. The molecular weight excluding hydrogens is 171 g/mol. The van der Waals surface area contributed by atoms with Gasteiger partial charge in [-0.15, -0.1) is 0 Å². The second-order valence-corrected chi connectivity index (χ2v) is 5.09. The summed E-state index contributed by atoms with van der Waals surface area (Å²) < 4.78 is 34.4. The Kier molecular flexibility index (Phi) is 2.49. The molecule has 1 saturated heterocycles. The van der Waals surface area contributed by atoms with Crippen LogP contribution in [-0.2, 0) is 9.84 Å². The lowest BCUT2D eigenvalue weighted by atomic mass is 10.0. The molecule has 0 saturated carbocycles. The predicted octanol–water partition coefficient (Wildman–Crippen LogP) is -0.248. The van der Waals surface area contributed by atoms with Crippen LogP contribution in [0.15, 0.2) is 0 Å². The van der Waals surface area contributed by atoms with Crippen LogP contribution < -0.4 is 0 Å². The third-order valence-electron chi connectivity index (χ3n) is 1.96. The summed E-state index contributed by atoms with van der Waals surface area (Å²) in [5.41, 5.74) is 0. The topological polar surface area (TPSA) is 54.4 Å². The highest BCUT2D eigenvalue weighted by Crippen LogP contribution is 2.21. The van der Waals surface area contributed by atoms with Gasteiger partial charge in [-0.25, -0.2) is 12.8 Å². The Labute approximate surface area is 65.1 Å². The summed E-state index contributed by atoms with van der Waals surface area (Å²) >= 11 is 0. The molecule has 3 nitrogen and oxygen atoms in total. The van der Waals surface area contributed by atoms with Gasteiger partial charge in [-0.3, -0.25) is 0 Å². The highest BCUT2D eigenvalue weighted by molar-refractivity contribution is 7.91. The maximum absolute atomic E-state index is 12.8. The number of sulfone groups is 1. The van der Waals surface area contributed by atoms with Crippen molar-refractivity contribution >= 4 is 9.84 Å². The van der Waals surface area contributed by atoms with E-state index in [9.17, 15) is 12.8 Å². The van der Waals surface area contributed by atoms with Crippen molar-refractivity contribution in [1.82, 2.24) is 0 Å². The first-order valence-corrected chi connectivity index (χ1v) is 5.32. The SMILES string of the molecule is O=S1(=O)CC[C@@H](CO)[C@H](F)C1. The summed E-state index contributed by atoms with van der Waals surface area (Å²) in [7, 11) is -3.16. The summed E-state index contributed by atoms with van der Waals surface area (Å²) in [6.07, 6.45) is -1.13. The summed E-state index contributed by atoms with van der Waals surface area (Å²) in [6.45, 7) is -0.253. The number of hydrogen-bond acceptors (Lipinski definition) is 3. The molecule has 0 bridgehead atoms. The quantitative estimate of drug-likeness (QED) is 0.608. The van der Waals surface area contributed by atoms with Crippen molar-refractivity contribution in [3.8, 4) is 0 Å². The van der Waals surface area contributed by atoms with Crippen LogP contribution >= 0.6 is 0 Å². The lowest BCUT2D eigenvalue weighted by Crippen LogP contribution is -2.35. The van der Waals surface area contributed by atoms with Gasteiger partial charge < -0.3 is 5.11 Å². The van der Waals surface area contributed by atoms with E-state index >= 15 is 0 Å². The number of halogens is 1. The molecule has 0 radical (unpaired) electrons. The number of alkyl halides is 1. The van der Waals surface area contributed by atoms with Gasteiger partial charge >= 0.3 is 0 Å². The first-order chi connectivity index (χ1) is 5.05. The van der Waals surface area contributed by atoms with Crippen LogP contribution in [0.5, 0.6) is 0 Å². The molecule has 11 heavy (non-hydrogen) atoms. The zero-order valence-electron chi connectivity index (χ0n) is 6.03. The highest BCUT2D eigenvalue weighted by atomic mass is 32.2. The monoisotopic (exact) mass is 182 g/mol. The van der Waals surface area contributed by atoms with Gasteiger partial charge in [0.2, 0.25) is 0 Å². The number of hydrogen-bond donors (Lipinski definition) is 1. The third kappa shape index (κ3) is 2.13. The Hall–Kier alpha value is -0.160. The molecule has 0 aromatic heterocycles. The van der Waals surface area contributed by atoms with Crippen LogP contribution in [0.3, 0.4) is 0 Å². The Morgan fingerprint density at radius 1 is 1.55 bits per heavy atom. The average molecular weight is 182 g/mol. The van der Waals surface area contributed by atoms with Crippen LogP contribution in [0, 0.1) is 5.92 Å². The van der Waals surface area contributed by atoms with Gasteiger partial charge in [-0.05, 0) is 6.42 Å². The van der Waals surface area contributed by atoms with E-state index in [0.717, 1.165) is 0 Å². The maximum Gasteiger partial charge on any atom is 0.153 e. The van der Waals surface area contributed by atoms with Crippen LogP contribution in [0.1, 0.15) is 6.42 Å². The Bertz CT molecular complexity index is 224. The minimum absolute atomic E-state index is 0.0125. The molecule has 5 heteroatoms. The van der Waals surface area contributed by atoms with Crippen molar-refractivity contribution in [2.45, 2.75) is 12.6 Å². The maximum atomic E-state index is 12.8. The van der Waals surface area contributed by atoms with E-state index in [0.29, 0.717) is 0 Å². The summed E-state index contributed by atoms with van der Waals surface area (Å²) in [5.74, 6) is -0.879. The first kappa shape index (κ1) is 8.93. The van der Waals surface area contributed by atoms with E-state index in [1.54, 1.807) is 0 Å². The summed E-state index contributed by atoms with van der Waals surface area (Å²) in [5, 5.41) is 8.60. The van der Waals surface area contributed by atoms with Crippen molar-refractivity contribution in [2.75, 3.05) is 18.1 Å². The fourth-order valence-corrected chi connectivity index (χ4v) is 2.77. The van der Waals surface area contributed by atoms with Crippen LogP contribution in [-0.4, -0.2) is 37.8 Å². The standard InChI is InChI=1S/C6H11FO3S/c7-6-4-11(9,10)2-1-5(6)3-8/h5-6,8H,1-4H2/t5-,6+/m0/s1. The molecule has 0 aromatic rings. The number of rotatable bonds is 1. The van der Waals surface area contributed by atoms with E-state index in [2.05, 4.69) is 0 Å². The molecule has 66 valence electrons. The largest absolute Gasteiger partial charge is 0.396 e. The van der Waals surface area contributed by atoms with Gasteiger partial charge in [-0.2, -0.15) is 0 Å². The molecule has 0 unspecified atom stereocenters. The Morgan fingerprint density at radius 3 is 2.64 bits per heavy atom. The Balaban J connectivity index is 2.62. The number of aliphatic hydroxyl groups is 1. The molecule has 0 aliphatic carbocycles. The van der Waals surface area contributed by atoms with Crippen LogP contribution in [0.25, 0.3) is 0 Å². The van der Waals surface area contributed by atoms with Gasteiger partial charge in [0.25, 0.3) is 0 Å². The molecular formula is C6H11FO3S.